The maximum Gasteiger partial charge on any atom is 0.115 e. The molecule has 0 amide bonds. The lowest BCUT2D eigenvalue weighted by Gasteiger charge is -2.04. The number of hydrogen-bond acceptors (Lipinski definition) is 2. The Balaban J connectivity index is 1.25. The highest BCUT2D eigenvalue weighted by Crippen LogP contribution is 2.18. The highest BCUT2D eigenvalue weighted by Gasteiger charge is 2.20. The average molecular weight is 347 g/mol. The van der Waals surface area contributed by atoms with Gasteiger partial charge in [0, 0.05) is 0 Å². The quantitative estimate of drug-likeness (QED) is 0.264. The molecule has 0 saturated carbocycles. The van der Waals surface area contributed by atoms with Crippen LogP contribution in [0.1, 0.15) is 95.5 Å². The molecule has 25 heavy (non-hydrogen) atoms. The summed E-state index contributed by atoms with van der Waals surface area (Å²) < 4.78 is 5.24. The van der Waals surface area contributed by atoms with Gasteiger partial charge < -0.3 is 9.84 Å². The number of aromatic hydroxyl groups is 1. The first-order chi connectivity index (χ1) is 12.3. The van der Waals surface area contributed by atoms with Crippen molar-refractivity contribution in [3.05, 3.63) is 29.8 Å². The predicted octanol–water partition coefficient (Wildman–Crippen LogP) is 6.79. The van der Waals surface area contributed by atoms with E-state index in [0.717, 1.165) is 13.0 Å². The van der Waals surface area contributed by atoms with Crippen LogP contribution in [0.2, 0.25) is 0 Å². The summed E-state index contributed by atoms with van der Waals surface area (Å²) >= 11 is 0. The van der Waals surface area contributed by atoms with Crippen molar-refractivity contribution in [2.24, 2.45) is 0 Å². The third kappa shape index (κ3) is 11.3. The molecule has 0 radical (unpaired) electrons. The number of aryl methyl sites for hydroxylation is 1. The van der Waals surface area contributed by atoms with Gasteiger partial charge >= 0.3 is 0 Å². The normalized spacial score (nSPS) is 16.2. The zero-order valence-corrected chi connectivity index (χ0v) is 16.1. The molecule has 0 aliphatic carbocycles. The highest BCUT2D eigenvalue weighted by atomic mass is 16.6. The zero-order valence-electron chi connectivity index (χ0n) is 16.1. The number of rotatable bonds is 16. The van der Waals surface area contributed by atoms with Gasteiger partial charge in [-0.1, -0.05) is 89.2 Å². The Hall–Kier alpha value is -1.02. The molecular weight excluding hydrogens is 308 g/mol. The first-order valence-electron chi connectivity index (χ1n) is 10.7. The SMILES string of the molecule is Oc1ccc(CCCCCCCCCCCCCCCC2CO2)cc1. The maximum absolute atomic E-state index is 9.27. The maximum atomic E-state index is 9.27. The second kappa shape index (κ2) is 13.2. The standard InChI is InChI=1S/C23H38O2/c24-22-18-16-21(17-19-22)14-12-10-8-6-4-2-1-3-5-7-9-11-13-15-23-20-25-23/h16-19,23-24H,1-15,20H2. The van der Waals surface area contributed by atoms with E-state index in [4.69, 9.17) is 4.74 Å². The molecule has 1 aliphatic heterocycles. The smallest absolute Gasteiger partial charge is 0.115 e. The van der Waals surface area contributed by atoms with Gasteiger partial charge in [0.15, 0.2) is 0 Å². The Kier molecular flexibility index (Phi) is 10.7. The molecular formula is C23H38O2. The van der Waals surface area contributed by atoms with E-state index in [9.17, 15) is 5.11 Å². The van der Waals surface area contributed by atoms with Crippen LogP contribution in [0.15, 0.2) is 24.3 Å². The van der Waals surface area contributed by atoms with Gasteiger partial charge in [-0.3, -0.25) is 0 Å². The summed E-state index contributed by atoms with van der Waals surface area (Å²) in [5.74, 6) is 0.368. The highest BCUT2D eigenvalue weighted by molar-refractivity contribution is 5.25. The molecule has 1 N–H and O–H groups in total. The second-order valence-corrected chi connectivity index (χ2v) is 7.76. The van der Waals surface area contributed by atoms with Crippen LogP contribution < -0.4 is 0 Å². The summed E-state index contributed by atoms with van der Waals surface area (Å²) in [4.78, 5) is 0. The molecule has 0 bridgehead atoms. The molecule has 1 aliphatic rings. The van der Waals surface area contributed by atoms with Crippen LogP contribution in [0.5, 0.6) is 5.75 Å². The lowest BCUT2D eigenvalue weighted by atomic mass is 10.0. The number of epoxide rings is 1. The van der Waals surface area contributed by atoms with Crippen molar-refractivity contribution in [2.45, 2.75) is 102 Å². The van der Waals surface area contributed by atoms with Crippen LogP contribution in [0.3, 0.4) is 0 Å². The molecule has 0 spiro atoms. The fraction of sp³-hybridized carbons (Fsp3) is 0.739. The number of phenols is 1. The largest absolute Gasteiger partial charge is 0.508 e. The van der Waals surface area contributed by atoms with Gasteiger partial charge in [0.25, 0.3) is 0 Å². The number of ether oxygens (including phenoxy) is 1. The van der Waals surface area contributed by atoms with Crippen LogP contribution in [0, 0.1) is 0 Å². The fourth-order valence-corrected chi connectivity index (χ4v) is 3.54. The molecule has 1 heterocycles. The van der Waals surface area contributed by atoms with Crippen LogP contribution in [-0.2, 0) is 11.2 Å². The molecule has 0 aromatic heterocycles. The van der Waals surface area contributed by atoms with E-state index in [1.807, 2.05) is 12.1 Å². The van der Waals surface area contributed by atoms with E-state index >= 15 is 0 Å². The second-order valence-electron chi connectivity index (χ2n) is 7.76. The monoisotopic (exact) mass is 346 g/mol. The van der Waals surface area contributed by atoms with Crippen LogP contribution in [0.4, 0.5) is 0 Å². The van der Waals surface area contributed by atoms with Gasteiger partial charge in [0.05, 0.1) is 12.7 Å². The van der Waals surface area contributed by atoms with E-state index in [-0.39, 0.29) is 0 Å². The minimum atomic E-state index is 0.368. The number of phenolic OH excluding ortho intramolecular Hbond substituents is 1. The van der Waals surface area contributed by atoms with Gasteiger partial charge in [-0.25, -0.2) is 0 Å². The van der Waals surface area contributed by atoms with Crippen LogP contribution >= 0.6 is 0 Å². The van der Waals surface area contributed by atoms with Crippen molar-refractivity contribution >= 4 is 0 Å². The topological polar surface area (TPSA) is 32.8 Å². The zero-order chi connectivity index (χ0) is 17.6. The van der Waals surface area contributed by atoms with Crippen molar-refractivity contribution in [3.63, 3.8) is 0 Å². The Morgan fingerprint density at radius 2 is 1.12 bits per heavy atom. The average Bonchev–Trinajstić information content (AvgIpc) is 3.44. The fourth-order valence-electron chi connectivity index (χ4n) is 3.54. The molecule has 2 heteroatoms. The van der Waals surface area contributed by atoms with Crippen molar-refractivity contribution in [3.8, 4) is 5.75 Å². The summed E-state index contributed by atoms with van der Waals surface area (Å²) in [5.41, 5.74) is 1.35. The van der Waals surface area contributed by atoms with Gasteiger partial charge in [0.2, 0.25) is 0 Å². The third-order valence-electron chi connectivity index (χ3n) is 5.33. The molecule has 1 aromatic carbocycles. The van der Waals surface area contributed by atoms with E-state index in [1.54, 1.807) is 12.1 Å². The van der Waals surface area contributed by atoms with E-state index in [0.29, 0.717) is 11.9 Å². The molecule has 1 unspecified atom stereocenters. The number of unbranched alkanes of at least 4 members (excludes halogenated alkanes) is 12. The van der Waals surface area contributed by atoms with Crippen LogP contribution in [-0.4, -0.2) is 17.8 Å². The summed E-state index contributed by atoms with van der Waals surface area (Å²) in [6.45, 7) is 1.03. The van der Waals surface area contributed by atoms with Crippen molar-refractivity contribution in [1.29, 1.82) is 0 Å². The van der Waals surface area contributed by atoms with Gasteiger partial charge in [-0.05, 0) is 37.0 Å². The molecule has 2 nitrogen and oxygen atoms in total. The molecule has 1 fully saturated rings. The molecule has 1 aromatic rings. The van der Waals surface area contributed by atoms with E-state index in [1.165, 1.54) is 95.5 Å². The molecule has 2 rings (SSSR count). The minimum Gasteiger partial charge on any atom is -0.508 e. The van der Waals surface area contributed by atoms with E-state index < -0.39 is 0 Å². The summed E-state index contributed by atoms with van der Waals surface area (Å²) in [7, 11) is 0. The summed E-state index contributed by atoms with van der Waals surface area (Å²) in [5, 5.41) is 9.27. The van der Waals surface area contributed by atoms with E-state index in [2.05, 4.69) is 0 Å². The summed E-state index contributed by atoms with van der Waals surface area (Å²) in [6, 6.07) is 7.66. The lowest BCUT2D eigenvalue weighted by molar-refractivity contribution is 0.387. The Labute approximate surface area is 155 Å². The van der Waals surface area contributed by atoms with Crippen LogP contribution in [0.25, 0.3) is 0 Å². The number of benzene rings is 1. The van der Waals surface area contributed by atoms with Crippen molar-refractivity contribution in [1.82, 2.24) is 0 Å². The Morgan fingerprint density at radius 3 is 1.60 bits per heavy atom. The first kappa shape index (κ1) is 20.3. The molecule has 142 valence electrons. The minimum absolute atomic E-state index is 0.368. The van der Waals surface area contributed by atoms with Gasteiger partial charge in [0.1, 0.15) is 5.75 Å². The third-order valence-corrected chi connectivity index (χ3v) is 5.33. The van der Waals surface area contributed by atoms with Gasteiger partial charge in [-0.15, -0.1) is 0 Å². The Bertz CT molecular complexity index is 422. The predicted molar refractivity (Wildman–Crippen MR) is 106 cm³/mol. The first-order valence-corrected chi connectivity index (χ1v) is 10.7. The van der Waals surface area contributed by atoms with Crippen molar-refractivity contribution < 1.29 is 9.84 Å². The lowest BCUT2D eigenvalue weighted by Crippen LogP contribution is -1.87. The Morgan fingerprint density at radius 1 is 0.680 bits per heavy atom. The number of hydrogen-bond donors (Lipinski definition) is 1. The molecule has 1 saturated heterocycles. The van der Waals surface area contributed by atoms with Crippen molar-refractivity contribution in [2.75, 3.05) is 6.61 Å². The van der Waals surface area contributed by atoms with Gasteiger partial charge in [-0.2, -0.15) is 0 Å². The summed E-state index contributed by atoms with van der Waals surface area (Å²) in [6.07, 6.45) is 21.3. The molecule has 1 atom stereocenters.